The molecule has 6 N–H and O–H groups in total. The highest BCUT2D eigenvalue weighted by atomic mass is 32.2. The van der Waals surface area contributed by atoms with Gasteiger partial charge in [0.15, 0.2) is 0 Å². The zero-order chi connectivity index (χ0) is 39.2. The molecule has 2 aliphatic heterocycles. The van der Waals surface area contributed by atoms with Crippen LogP contribution in [0.4, 0.5) is 11.4 Å². The lowest BCUT2D eigenvalue weighted by Gasteiger charge is -2.17. The topological polar surface area (TPSA) is 240 Å². The molecule has 0 radical (unpaired) electrons. The summed E-state index contributed by atoms with van der Waals surface area (Å²) in [5.74, 6) is -2.84. The quantitative estimate of drug-likeness (QED) is 0.128. The number of rotatable bonds is 11. The van der Waals surface area contributed by atoms with Gasteiger partial charge >= 0.3 is 26.4 Å². The Morgan fingerprint density at radius 2 is 1.07 bits per heavy atom. The lowest BCUT2D eigenvalue weighted by Crippen LogP contribution is -2.29. The molecule has 0 bridgehead atoms. The number of carboxylic acid groups (broad SMARTS) is 1. The number of phenols is 2. The van der Waals surface area contributed by atoms with Crippen LogP contribution in [0.15, 0.2) is 84.9 Å². The van der Waals surface area contributed by atoms with Crippen molar-refractivity contribution in [3.05, 3.63) is 118 Å². The van der Waals surface area contributed by atoms with Gasteiger partial charge in [0.25, 0.3) is 11.8 Å². The molecule has 2 heterocycles. The molecule has 0 aromatic heterocycles. The summed E-state index contributed by atoms with van der Waals surface area (Å²) in [6, 6.07) is 23.7. The third-order valence-electron chi connectivity index (χ3n) is 8.35. The summed E-state index contributed by atoms with van der Waals surface area (Å²) >= 11 is 0. The molecule has 54 heavy (non-hydrogen) atoms. The SMILES string of the molecule is CCNC(=O)Cc1ccccc1Cc1ccc(N2CC(=O)NS2(=O)=O)c(O)c1.O=C(O)Cc1ccccc1Cc1ccc(N2CC(=O)NS2(=O)=O)c(O)c1. The van der Waals surface area contributed by atoms with Crippen LogP contribution < -0.4 is 23.4 Å². The van der Waals surface area contributed by atoms with Crippen LogP contribution >= 0.6 is 0 Å². The number of amides is 3. The second kappa shape index (κ2) is 16.3. The number of nitrogens with zero attached hydrogens (tertiary/aromatic N) is 2. The van der Waals surface area contributed by atoms with Gasteiger partial charge in [0.05, 0.1) is 24.2 Å². The van der Waals surface area contributed by atoms with Crippen LogP contribution in [0.1, 0.15) is 40.3 Å². The van der Waals surface area contributed by atoms with Crippen LogP contribution in [-0.4, -0.2) is 75.5 Å². The van der Waals surface area contributed by atoms with E-state index in [1.165, 1.54) is 24.3 Å². The first-order valence-electron chi connectivity index (χ1n) is 16.5. The maximum Gasteiger partial charge on any atom is 0.326 e. The monoisotopic (exact) mass is 779 g/mol. The number of hydrogen-bond donors (Lipinski definition) is 6. The normalized spacial score (nSPS) is 15.5. The number of carboxylic acids is 1. The number of aliphatic carboxylic acids is 1. The Labute approximate surface area is 311 Å². The smallest absolute Gasteiger partial charge is 0.326 e. The maximum atomic E-state index is 11.9. The lowest BCUT2D eigenvalue weighted by molar-refractivity contribution is -0.136. The summed E-state index contributed by atoms with van der Waals surface area (Å²) < 4.78 is 53.0. The van der Waals surface area contributed by atoms with Crippen molar-refractivity contribution in [3.63, 3.8) is 0 Å². The minimum absolute atomic E-state index is 0.00548. The number of nitrogens with one attached hydrogen (secondary N) is 3. The fourth-order valence-corrected chi connectivity index (χ4v) is 8.27. The van der Waals surface area contributed by atoms with Gasteiger partial charge in [0.2, 0.25) is 5.91 Å². The van der Waals surface area contributed by atoms with Gasteiger partial charge in [-0.25, -0.2) is 18.1 Å². The van der Waals surface area contributed by atoms with Crippen LogP contribution in [0, 0.1) is 0 Å². The van der Waals surface area contributed by atoms with Crippen molar-refractivity contribution < 1.29 is 51.3 Å². The van der Waals surface area contributed by atoms with Crippen molar-refractivity contribution in [2.45, 2.75) is 32.6 Å². The number of likely N-dealkylation sites (N-methyl/N-ethyl adjacent to an activating group) is 1. The van der Waals surface area contributed by atoms with E-state index < -0.39 is 44.7 Å². The van der Waals surface area contributed by atoms with E-state index in [9.17, 15) is 46.2 Å². The molecule has 4 aromatic carbocycles. The number of carbonyl (C=O) groups excluding carboxylic acids is 3. The van der Waals surface area contributed by atoms with Crippen molar-refractivity contribution in [2.24, 2.45) is 0 Å². The van der Waals surface area contributed by atoms with E-state index in [1.807, 2.05) is 40.6 Å². The molecule has 0 aliphatic carbocycles. The molecule has 2 fully saturated rings. The van der Waals surface area contributed by atoms with E-state index >= 15 is 0 Å². The Balaban J connectivity index is 0.000000208. The first-order chi connectivity index (χ1) is 25.6. The van der Waals surface area contributed by atoms with Crippen molar-refractivity contribution in [2.75, 3.05) is 28.2 Å². The number of aromatic hydroxyl groups is 2. The molecule has 284 valence electrons. The van der Waals surface area contributed by atoms with Crippen LogP contribution in [0.3, 0.4) is 0 Å². The minimum Gasteiger partial charge on any atom is -0.506 e. The van der Waals surface area contributed by atoms with E-state index in [2.05, 4.69) is 5.32 Å². The highest BCUT2D eigenvalue weighted by Crippen LogP contribution is 2.33. The van der Waals surface area contributed by atoms with Gasteiger partial charge in [0.1, 0.15) is 24.6 Å². The van der Waals surface area contributed by atoms with Crippen molar-refractivity contribution in [1.82, 2.24) is 14.8 Å². The Morgan fingerprint density at radius 3 is 1.43 bits per heavy atom. The Hall–Kier alpha value is -6.14. The fourth-order valence-electron chi connectivity index (χ4n) is 5.94. The van der Waals surface area contributed by atoms with E-state index in [4.69, 9.17) is 5.11 Å². The van der Waals surface area contributed by atoms with Crippen LogP contribution in [-0.2, 0) is 65.3 Å². The molecule has 16 nitrogen and oxygen atoms in total. The van der Waals surface area contributed by atoms with E-state index in [0.717, 1.165) is 30.9 Å². The molecule has 2 aliphatic rings. The van der Waals surface area contributed by atoms with Gasteiger partial charge in [0, 0.05) is 6.54 Å². The second-order valence-electron chi connectivity index (χ2n) is 12.3. The predicted molar refractivity (Wildman–Crippen MR) is 197 cm³/mol. The highest BCUT2D eigenvalue weighted by Gasteiger charge is 2.36. The summed E-state index contributed by atoms with van der Waals surface area (Å²) in [5, 5.41) is 32.3. The Kier molecular flexibility index (Phi) is 11.8. The number of phenolic OH excluding ortho intramolecular Hbond substituents is 2. The van der Waals surface area contributed by atoms with Crippen LogP contribution in [0.2, 0.25) is 0 Å². The molecule has 2 saturated heterocycles. The highest BCUT2D eigenvalue weighted by molar-refractivity contribution is 7.92. The van der Waals surface area contributed by atoms with Gasteiger partial charge in [-0.1, -0.05) is 60.7 Å². The summed E-state index contributed by atoms with van der Waals surface area (Å²) in [6.07, 6.45) is 0.989. The van der Waals surface area contributed by atoms with E-state index in [0.29, 0.717) is 30.5 Å². The molecule has 0 spiro atoms. The number of anilines is 2. The van der Waals surface area contributed by atoms with Gasteiger partial charge in [-0.3, -0.25) is 19.2 Å². The molecule has 3 amide bonds. The first-order valence-corrected chi connectivity index (χ1v) is 19.4. The molecule has 4 aromatic rings. The molecule has 0 saturated carbocycles. The standard InChI is InChI=1S/C19H21N3O5S.C17H16N2O6S/c1-2-20-18(24)11-15-6-4-3-5-14(15)9-13-7-8-16(17(23)10-13)22-12-19(25)21-28(22,26)27;20-15-8-11(7-12-3-1-2-4-13(12)9-17(22)23)5-6-14(15)19-10-16(21)18-26(19,24)25/h3-8,10,23H,2,9,11-12H2,1H3,(H,20,24)(H,21,25);1-6,8,20H,7,9-10H2,(H,18,21)(H,22,23). The van der Waals surface area contributed by atoms with E-state index in [1.54, 1.807) is 36.4 Å². The maximum absolute atomic E-state index is 11.9. The summed E-state index contributed by atoms with van der Waals surface area (Å²) in [7, 11) is -7.98. The third-order valence-corrected chi connectivity index (χ3v) is 11.1. The van der Waals surface area contributed by atoms with Gasteiger partial charge in [-0.2, -0.15) is 16.8 Å². The second-order valence-corrected chi connectivity index (χ2v) is 15.5. The minimum atomic E-state index is -4.00. The zero-order valence-electron chi connectivity index (χ0n) is 28.9. The average Bonchev–Trinajstić information content (AvgIpc) is 3.53. The number of carbonyl (C=O) groups is 4. The Morgan fingerprint density at radius 1 is 0.667 bits per heavy atom. The molecular formula is C36H37N5O11S2. The average molecular weight is 780 g/mol. The van der Waals surface area contributed by atoms with Crippen molar-refractivity contribution >= 4 is 55.5 Å². The summed E-state index contributed by atoms with van der Waals surface area (Å²) in [6.45, 7) is 1.66. The summed E-state index contributed by atoms with van der Waals surface area (Å²) in [4.78, 5) is 45.6. The predicted octanol–water partition coefficient (Wildman–Crippen LogP) is 1.63. The molecule has 0 unspecified atom stereocenters. The summed E-state index contributed by atoms with van der Waals surface area (Å²) in [5.41, 5.74) is 4.76. The van der Waals surface area contributed by atoms with Crippen molar-refractivity contribution in [3.8, 4) is 11.5 Å². The number of benzene rings is 4. The van der Waals surface area contributed by atoms with Crippen molar-refractivity contribution in [1.29, 1.82) is 0 Å². The lowest BCUT2D eigenvalue weighted by atomic mass is 9.97. The largest absolute Gasteiger partial charge is 0.506 e. The molecule has 6 rings (SSSR count). The van der Waals surface area contributed by atoms with Gasteiger partial charge in [-0.05, 0) is 77.4 Å². The van der Waals surface area contributed by atoms with Crippen LogP contribution in [0.5, 0.6) is 11.5 Å². The molecule has 0 atom stereocenters. The van der Waals surface area contributed by atoms with Crippen LogP contribution in [0.25, 0.3) is 0 Å². The molecular weight excluding hydrogens is 743 g/mol. The van der Waals surface area contributed by atoms with Gasteiger partial charge < -0.3 is 20.6 Å². The number of hydrogen-bond acceptors (Lipinski definition) is 10. The third kappa shape index (κ3) is 9.44. The fraction of sp³-hybridized carbons (Fsp3) is 0.222. The van der Waals surface area contributed by atoms with Gasteiger partial charge in [-0.15, -0.1) is 0 Å². The zero-order valence-corrected chi connectivity index (χ0v) is 30.5. The van der Waals surface area contributed by atoms with E-state index in [-0.39, 0.29) is 48.2 Å². The first kappa shape index (κ1) is 39.1. The molecule has 18 heteroatoms. The Bertz CT molecular complexity index is 2330.